The van der Waals surface area contributed by atoms with E-state index in [9.17, 15) is 10.1 Å². The topological polar surface area (TPSA) is 55.2 Å². The number of nitrogens with zero attached hydrogens (tertiary/aromatic N) is 1. The normalized spacial score (nSPS) is 12.1. The molecule has 0 aliphatic heterocycles. The van der Waals surface area contributed by atoms with Crippen molar-refractivity contribution in [2.24, 2.45) is 0 Å². The molecule has 0 amide bonds. The zero-order valence-electron chi connectivity index (χ0n) is 12.0. The lowest BCUT2D eigenvalue weighted by Gasteiger charge is -2.17. The molecule has 0 aliphatic rings. The Morgan fingerprint density at radius 1 is 1.29 bits per heavy atom. The maximum absolute atomic E-state index is 11.1. The Hall–Kier alpha value is -1.91. The lowest BCUT2D eigenvalue weighted by Crippen LogP contribution is -2.19. The van der Waals surface area contributed by atoms with Crippen molar-refractivity contribution in [3.8, 4) is 0 Å². The van der Waals surface area contributed by atoms with Crippen molar-refractivity contribution in [3.63, 3.8) is 0 Å². The SMILES string of the molecule is CNC(Cc1ccccc1[N+](=O)[O-])c1ccc(C)c(Cl)c1. The third-order valence-electron chi connectivity index (χ3n) is 3.56. The predicted molar refractivity (Wildman–Crippen MR) is 84.8 cm³/mol. The number of hydrogen-bond donors (Lipinski definition) is 1. The number of para-hydroxylation sites is 1. The van der Waals surface area contributed by atoms with Gasteiger partial charge in [-0.1, -0.05) is 41.9 Å². The minimum Gasteiger partial charge on any atom is -0.313 e. The first-order valence-corrected chi connectivity index (χ1v) is 7.06. The standard InChI is InChI=1S/C16H17ClN2O2/c1-11-7-8-12(9-14(11)17)15(18-2)10-13-5-3-4-6-16(13)19(20)21/h3-9,15,18H,10H2,1-2H3. The molecule has 0 heterocycles. The molecule has 0 aromatic heterocycles. The lowest BCUT2D eigenvalue weighted by molar-refractivity contribution is -0.385. The molecule has 0 aliphatic carbocycles. The highest BCUT2D eigenvalue weighted by molar-refractivity contribution is 6.31. The summed E-state index contributed by atoms with van der Waals surface area (Å²) in [6.45, 7) is 1.95. The molecule has 4 nitrogen and oxygen atoms in total. The Morgan fingerprint density at radius 2 is 2.00 bits per heavy atom. The molecule has 110 valence electrons. The van der Waals surface area contributed by atoms with Gasteiger partial charge in [0.15, 0.2) is 0 Å². The van der Waals surface area contributed by atoms with Crippen molar-refractivity contribution >= 4 is 17.3 Å². The first-order chi connectivity index (χ1) is 10.0. The van der Waals surface area contributed by atoms with Gasteiger partial charge in [-0.05, 0) is 37.6 Å². The van der Waals surface area contributed by atoms with Gasteiger partial charge in [-0.25, -0.2) is 0 Å². The molecular weight excluding hydrogens is 288 g/mol. The fourth-order valence-electron chi connectivity index (χ4n) is 2.29. The summed E-state index contributed by atoms with van der Waals surface area (Å²) in [5, 5.41) is 15.0. The number of nitro benzene ring substituents is 1. The minimum absolute atomic E-state index is 0.0239. The molecule has 2 aromatic rings. The van der Waals surface area contributed by atoms with Crippen molar-refractivity contribution in [1.82, 2.24) is 5.32 Å². The van der Waals surface area contributed by atoms with Crippen molar-refractivity contribution < 1.29 is 4.92 Å². The molecule has 1 unspecified atom stereocenters. The maximum atomic E-state index is 11.1. The van der Waals surface area contributed by atoms with E-state index in [-0.39, 0.29) is 16.7 Å². The highest BCUT2D eigenvalue weighted by Crippen LogP contribution is 2.27. The van der Waals surface area contributed by atoms with E-state index in [0.29, 0.717) is 17.0 Å². The molecule has 0 saturated heterocycles. The van der Waals surface area contributed by atoms with Crippen LogP contribution in [-0.4, -0.2) is 12.0 Å². The van der Waals surface area contributed by atoms with E-state index in [1.54, 1.807) is 12.1 Å². The van der Waals surface area contributed by atoms with Crippen LogP contribution in [0.15, 0.2) is 42.5 Å². The van der Waals surface area contributed by atoms with Gasteiger partial charge in [0.1, 0.15) is 0 Å². The quantitative estimate of drug-likeness (QED) is 0.669. The van der Waals surface area contributed by atoms with E-state index in [2.05, 4.69) is 5.32 Å². The molecule has 0 radical (unpaired) electrons. The van der Waals surface area contributed by atoms with Crippen LogP contribution in [0.1, 0.15) is 22.7 Å². The second-order valence-electron chi connectivity index (χ2n) is 4.94. The van der Waals surface area contributed by atoms with Gasteiger partial charge >= 0.3 is 0 Å². The summed E-state index contributed by atoms with van der Waals surface area (Å²) in [5.41, 5.74) is 2.89. The number of likely N-dealkylation sites (N-methyl/N-ethyl adjacent to an activating group) is 1. The predicted octanol–water partition coefficient (Wildman–Crippen LogP) is 4.06. The van der Waals surface area contributed by atoms with Crippen LogP contribution in [0, 0.1) is 17.0 Å². The first-order valence-electron chi connectivity index (χ1n) is 6.68. The Bertz CT molecular complexity index is 658. The highest BCUT2D eigenvalue weighted by Gasteiger charge is 2.18. The van der Waals surface area contributed by atoms with Gasteiger partial charge in [0.25, 0.3) is 5.69 Å². The van der Waals surface area contributed by atoms with Crippen LogP contribution < -0.4 is 5.32 Å². The molecule has 21 heavy (non-hydrogen) atoms. The largest absolute Gasteiger partial charge is 0.313 e. The average molecular weight is 305 g/mol. The molecule has 0 fully saturated rings. The maximum Gasteiger partial charge on any atom is 0.272 e. The van der Waals surface area contributed by atoms with Gasteiger partial charge in [-0.2, -0.15) is 0 Å². The monoisotopic (exact) mass is 304 g/mol. The Morgan fingerprint density at radius 3 is 2.62 bits per heavy atom. The first kappa shape index (κ1) is 15.5. The summed E-state index contributed by atoms with van der Waals surface area (Å²) in [7, 11) is 1.84. The van der Waals surface area contributed by atoms with E-state index < -0.39 is 0 Å². The fraction of sp³-hybridized carbons (Fsp3) is 0.250. The Balaban J connectivity index is 2.31. The number of hydrogen-bond acceptors (Lipinski definition) is 3. The smallest absolute Gasteiger partial charge is 0.272 e. The zero-order chi connectivity index (χ0) is 15.4. The van der Waals surface area contributed by atoms with Crippen LogP contribution in [0.5, 0.6) is 0 Å². The molecule has 0 saturated carbocycles. The summed E-state index contributed by atoms with van der Waals surface area (Å²) in [5.74, 6) is 0. The summed E-state index contributed by atoms with van der Waals surface area (Å²) in [4.78, 5) is 10.7. The number of halogens is 1. The lowest BCUT2D eigenvalue weighted by atomic mass is 9.97. The van der Waals surface area contributed by atoms with E-state index in [0.717, 1.165) is 11.1 Å². The number of rotatable bonds is 5. The molecule has 2 rings (SSSR count). The number of nitrogens with one attached hydrogen (secondary N) is 1. The van der Waals surface area contributed by atoms with E-state index in [1.807, 2.05) is 38.2 Å². The van der Waals surface area contributed by atoms with Crippen LogP contribution in [0.4, 0.5) is 5.69 Å². The summed E-state index contributed by atoms with van der Waals surface area (Å²) in [6, 6.07) is 12.7. The van der Waals surface area contributed by atoms with Gasteiger partial charge in [0.05, 0.1) is 4.92 Å². The van der Waals surface area contributed by atoms with Crippen LogP contribution in [0.25, 0.3) is 0 Å². The second kappa shape index (κ2) is 6.70. The van der Waals surface area contributed by atoms with E-state index >= 15 is 0 Å². The summed E-state index contributed by atoms with van der Waals surface area (Å²) in [6.07, 6.45) is 0.535. The van der Waals surface area contributed by atoms with Crippen LogP contribution >= 0.6 is 11.6 Å². The van der Waals surface area contributed by atoms with Crippen molar-refractivity contribution in [2.45, 2.75) is 19.4 Å². The van der Waals surface area contributed by atoms with Gasteiger partial charge in [0, 0.05) is 22.7 Å². The molecular formula is C16H17ClN2O2. The van der Waals surface area contributed by atoms with Crippen LogP contribution in [0.3, 0.4) is 0 Å². The Labute approximate surface area is 128 Å². The molecule has 0 spiro atoms. The molecule has 1 atom stereocenters. The zero-order valence-corrected chi connectivity index (χ0v) is 12.7. The molecule has 2 aromatic carbocycles. The number of benzene rings is 2. The van der Waals surface area contributed by atoms with Gasteiger partial charge in [-0.15, -0.1) is 0 Å². The molecule has 5 heteroatoms. The van der Waals surface area contributed by atoms with Crippen molar-refractivity contribution in [3.05, 3.63) is 74.3 Å². The van der Waals surface area contributed by atoms with Gasteiger partial charge in [-0.3, -0.25) is 10.1 Å². The van der Waals surface area contributed by atoms with Crippen molar-refractivity contribution in [1.29, 1.82) is 0 Å². The summed E-state index contributed by atoms with van der Waals surface area (Å²) < 4.78 is 0. The van der Waals surface area contributed by atoms with Crippen molar-refractivity contribution in [2.75, 3.05) is 7.05 Å². The Kier molecular flexibility index (Phi) is 4.94. The second-order valence-corrected chi connectivity index (χ2v) is 5.35. The third kappa shape index (κ3) is 3.60. The van der Waals surface area contributed by atoms with Gasteiger partial charge < -0.3 is 5.32 Å². The fourth-order valence-corrected chi connectivity index (χ4v) is 2.48. The van der Waals surface area contributed by atoms with E-state index in [1.165, 1.54) is 6.07 Å². The van der Waals surface area contributed by atoms with Gasteiger partial charge in [0.2, 0.25) is 0 Å². The van der Waals surface area contributed by atoms with Crippen LogP contribution in [-0.2, 0) is 6.42 Å². The summed E-state index contributed by atoms with van der Waals surface area (Å²) >= 11 is 6.16. The minimum atomic E-state index is -0.343. The van der Waals surface area contributed by atoms with Crippen LogP contribution in [0.2, 0.25) is 5.02 Å². The highest BCUT2D eigenvalue weighted by atomic mass is 35.5. The number of aryl methyl sites for hydroxylation is 1. The number of nitro groups is 1. The average Bonchev–Trinajstić information content (AvgIpc) is 2.48. The van der Waals surface area contributed by atoms with E-state index in [4.69, 9.17) is 11.6 Å². The molecule has 0 bridgehead atoms. The molecule has 1 N–H and O–H groups in total. The third-order valence-corrected chi connectivity index (χ3v) is 3.97.